The molecule has 0 aliphatic rings. The molecule has 0 saturated carbocycles. The predicted octanol–water partition coefficient (Wildman–Crippen LogP) is 15.9. The Bertz CT molecular complexity index is 6700. The number of ether oxygens (including phenoxy) is 3. The third kappa shape index (κ3) is 28.4. The van der Waals surface area contributed by atoms with Crippen molar-refractivity contribution in [2.75, 3.05) is 78.5 Å². The van der Waals surface area contributed by atoms with Crippen molar-refractivity contribution >= 4 is 108 Å². The Balaban J connectivity index is 1.24. The Kier molecular flexibility index (Phi) is 36.6. The van der Waals surface area contributed by atoms with Crippen molar-refractivity contribution in [2.24, 2.45) is 0 Å². The minimum absolute atomic E-state index is 0.0175. The van der Waals surface area contributed by atoms with Crippen molar-refractivity contribution in [2.45, 2.75) is 226 Å². The van der Waals surface area contributed by atoms with Gasteiger partial charge < -0.3 is 14.2 Å². The first-order valence-electron chi connectivity index (χ1n) is 46.2. The molecule has 10 rings (SSSR count). The summed E-state index contributed by atoms with van der Waals surface area (Å²) >= 11 is 0. The van der Waals surface area contributed by atoms with E-state index in [1.165, 1.54) is 301 Å². The summed E-state index contributed by atoms with van der Waals surface area (Å²) in [6.07, 6.45) is -4.20. The molecule has 780 valence electrons. The lowest BCUT2D eigenvalue weighted by Gasteiger charge is -2.33. The molecule has 42 heteroatoms. The number of hydrogen-bond acceptors (Lipinski definition) is 24. The first-order valence-corrected chi connectivity index (χ1v) is 59.1. The van der Waals surface area contributed by atoms with E-state index in [0.717, 1.165) is 25.8 Å². The first-order chi connectivity index (χ1) is 66.7. The van der Waals surface area contributed by atoms with Crippen molar-refractivity contribution in [1.82, 2.24) is 38.7 Å². The lowest BCUT2D eigenvalue weighted by atomic mass is 9.87. The summed E-state index contributed by atoms with van der Waals surface area (Å²) in [5.41, 5.74) is 1.77. The number of benzene rings is 10. The van der Waals surface area contributed by atoms with Crippen LogP contribution in [-0.4, -0.2) is 228 Å². The Labute approximate surface area is 851 Å². The summed E-state index contributed by atoms with van der Waals surface area (Å²) < 4.78 is 306. The lowest BCUT2D eigenvalue weighted by molar-refractivity contribution is 0.0374. The molecule has 0 unspecified atom stereocenters. The molecular formula is C102H129N9O24S9. The van der Waals surface area contributed by atoms with Gasteiger partial charge in [0.1, 0.15) is 16.8 Å². The maximum atomic E-state index is 16.4. The normalized spacial score (nSPS) is 13.0. The van der Waals surface area contributed by atoms with Gasteiger partial charge in [0.2, 0.25) is 60.1 Å². The van der Waals surface area contributed by atoms with Crippen LogP contribution in [0.15, 0.2) is 262 Å². The summed E-state index contributed by atoms with van der Waals surface area (Å²) in [5.74, 6) is 0. The molecule has 0 radical (unpaired) electrons. The SMILES string of the molecule is Cc1ccc(S(=O)(=O)N(CCN(Cc2c(C)c(CN(CCN(CCN(C(=O)OC(C)(C)C)S(=O)(=O)c3ccc(C)cc3)S(=O)(=O)c3ccc(C)cc3)S(=O)(=O)c3ccc(C)cc3)c(C)c(CN(CCN(CCN(C(=O)OC(C)(C)C)S(=O)(=O)c3ccc(C)cc3)S(=O)(=O)c3ccc(C)cc3)S(=O)(=O)c3ccc(C)cc3)c2C)S(=O)(=O)c2ccc(C)cc2)CCN(C(=O)OC(C)(C)C)S(=O)(=O)c2ccc(C)cc2)cc1. The maximum absolute atomic E-state index is 16.4. The van der Waals surface area contributed by atoms with Gasteiger partial charge in [0, 0.05) is 78.5 Å². The zero-order chi connectivity index (χ0) is 107. The molecule has 0 atom stereocenters. The van der Waals surface area contributed by atoms with Crippen LogP contribution in [0.4, 0.5) is 14.4 Å². The second kappa shape index (κ2) is 45.8. The third-order valence-corrected chi connectivity index (χ3v) is 40.4. The van der Waals surface area contributed by atoms with Gasteiger partial charge >= 0.3 is 18.3 Å². The molecule has 0 aliphatic carbocycles. The van der Waals surface area contributed by atoms with Crippen molar-refractivity contribution in [3.8, 4) is 0 Å². The molecule has 10 aromatic rings. The number of nitrogens with zero attached hydrogens (tertiary/aromatic N) is 9. The van der Waals surface area contributed by atoms with Gasteiger partial charge in [-0.25, -0.2) is 90.1 Å². The topological polar surface area (TPSA) is 415 Å². The number of amides is 3. The summed E-state index contributed by atoms with van der Waals surface area (Å²) in [4.78, 5) is 40.3. The first kappa shape index (κ1) is 115. The highest BCUT2D eigenvalue weighted by atomic mass is 32.2. The van der Waals surface area contributed by atoms with Crippen LogP contribution < -0.4 is 0 Å². The van der Waals surface area contributed by atoms with Crippen molar-refractivity contribution in [3.63, 3.8) is 0 Å². The average Bonchev–Trinajstić information content (AvgIpc) is 0.747. The van der Waals surface area contributed by atoms with Crippen LogP contribution in [0, 0.1) is 83.1 Å². The minimum Gasteiger partial charge on any atom is -0.443 e. The van der Waals surface area contributed by atoms with Crippen molar-refractivity contribution < 1.29 is 104 Å². The predicted molar refractivity (Wildman–Crippen MR) is 551 cm³/mol. The van der Waals surface area contributed by atoms with Gasteiger partial charge in [-0.2, -0.15) is 38.7 Å². The van der Waals surface area contributed by atoms with E-state index in [2.05, 4.69) is 0 Å². The molecule has 3 amide bonds. The lowest BCUT2D eigenvalue weighted by Crippen LogP contribution is -2.47. The maximum Gasteiger partial charge on any atom is 0.424 e. The summed E-state index contributed by atoms with van der Waals surface area (Å²) in [5, 5.41) is 0. The standard InChI is InChI=1S/C102H129N9O24S9/c1-73-22-40-85(41-23-73)136(115,116)103(64-67-109(97(112)133-100(13,14)15)142(127,128)91-52-34-79(7)35-53-91)58-61-106(139(121,122)88-46-28-76(4)29-47-88)70-94-82(10)95(71-107(140(123,124)89-48-30-77(5)31-49-89)62-59-104(137(117,118)86-42-24-74(2)25-43-86)65-68-110(98(113)134-101(16,17)18)143(129,130)92-54-36-80(8)37-55-92)84(12)96(83(94)11)72-108(141(125,126)90-50-32-78(6)33-51-90)63-60-105(138(119,120)87-44-26-75(3)27-45-87)66-69-111(99(114)135-102(19,20)21)144(131,132)93-56-38-81(9)39-57-93/h22-57H,58-72H2,1-21H3. The quantitative estimate of drug-likeness (QED) is 0.0321. The van der Waals surface area contributed by atoms with Crippen LogP contribution >= 0.6 is 0 Å². The van der Waals surface area contributed by atoms with Crippen LogP contribution in [-0.2, 0) is 124 Å². The monoisotopic (exact) mass is 2150 g/mol. The number of aryl methyl sites for hydroxylation is 9. The van der Waals surface area contributed by atoms with E-state index in [1.54, 1.807) is 62.3 Å². The highest BCUT2D eigenvalue weighted by Gasteiger charge is 2.43. The minimum atomic E-state index is -5.06. The number of carbonyl (C=O) groups is 3. The fourth-order valence-electron chi connectivity index (χ4n) is 15.4. The largest absolute Gasteiger partial charge is 0.443 e. The van der Waals surface area contributed by atoms with E-state index in [9.17, 15) is 39.6 Å². The van der Waals surface area contributed by atoms with Crippen molar-refractivity contribution in [1.29, 1.82) is 0 Å². The van der Waals surface area contributed by atoms with E-state index in [-0.39, 0.29) is 77.4 Å². The molecule has 0 bridgehead atoms. The molecule has 0 aromatic heterocycles. The van der Waals surface area contributed by atoms with E-state index in [1.807, 2.05) is 0 Å². The number of rotatable bonds is 42. The van der Waals surface area contributed by atoms with Crippen molar-refractivity contribution in [3.05, 3.63) is 302 Å². The Morgan fingerprint density at radius 3 is 0.444 bits per heavy atom. The van der Waals surface area contributed by atoms with Crippen LogP contribution in [0.2, 0.25) is 0 Å². The van der Waals surface area contributed by atoms with E-state index < -0.39 is 223 Å². The molecule has 0 fully saturated rings. The zero-order valence-corrected chi connectivity index (χ0v) is 92.2. The summed E-state index contributed by atoms with van der Waals surface area (Å²) in [6, 6.07) is 49.8. The smallest absolute Gasteiger partial charge is 0.424 e. The van der Waals surface area contributed by atoms with Gasteiger partial charge in [-0.3, -0.25) is 0 Å². The van der Waals surface area contributed by atoms with E-state index in [4.69, 9.17) is 14.2 Å². The highest BCUT2D eigenvalue weighted by Crippen LogP contribution is 2.37. The molecule has 144 heavy (non-hydrogen) atoms. The van der Waals surface area contributed by atoms with Gasteiger partial charge in [0.15, 0.2) is 0 Å². The van der Waals surface area contributed by atoms with E-state index >= 15 is 50.5 Å². The molecule has 0 spiro atoms. The number of sulfonamides is 9. The van der Waals surface area contributed by atoms with Crippen LogP contribution in [0.1, 0.15) is 146 Å². The fraction of sp³-hybridized carbons (Fsp3) is 0.382. The number of carbonyl (C=O) groups excluding carboxylic acids is 3. The van der Waals surface area contributed by atoms with Gasteiger partial charge in [-0.05, 0) is 288 Å². The Morgan fingerprint density at radius 1 is 0.188 bits per heavy atom. The molecule has 33 nitrogen and oxygen atoms in total. The third-order valence-electron chi connectivity index (χ3n) is 23.7. The molecule has 0 heterocycles. The molecule has 0 N–H and O–H groups in total. The van der Waals surface area contributed by atoms with Gasteiger partial charge in [-0.15, -0.1) is 0 Å². The number of hydrogen-bond donors (Lipinski definition) is 0. The highest BCUT2D eigenvalue weighted by molar-refractivity contribution is 7.91. The van der Waals surface area contributed by atoms with Gasteiger partial charge in [0.05, 0.1) is 63.7 Å². The Hall–Kier alpha value is -10.7. The molecule has 0 aliphatic heterocycles. The van der Waals surface area contributed by atoms with Crippen LogP contribution in [0.25, 0.3) is 0 Å². The average molecular weight is 2150 g/mol. The zero-order valence-electron chi connectivity index (χ0n) is 84.9. The second-order valence-corrected chi connectivity index (χ2v) is 55.7. The van der Waals surface area contributed by atoms with Gasteiger partial charge in [-0.1, -0.05) is 159 Å². The summed E-state index contributed by atoms with van der Waals surface area (Å²) in [7, 11) is -44.8. The van der Waals surface area contributed by atoms with E-state index in [0.29, 0.717) is 63.0 Å². The fourth-order valence-corrected chi connectivity index (χ4v) is 27.7. The molecule has 10 aromatic carbocycles. The Morgan fingerprint density at radius 2 is 0.306 bits per heavy atom. The molecular weight excluding hydrogens is 2020 g/mol. The molecule has 0 saturated heterocycles. The van der Waals surface area contributed by atoms with Crippen LogP contribution in [0.5, 0.6) is 0 Å². The summed E-state index contributed by atoms with van der Waals surface area (Å²) in [6.45, 7) is 20.1. The van der Waals surface area contributed by atoms with Crippen LogP contribution in [0.3, 0.4) is 0 Å². The second-order valence-electron chi connectivity index (χ2n) is 38.5. The van der Waals surface area contributed by atoms with Gasteiger partial charge in [0.25, 0.3) is 30.1 Å².